The number of carbonyl (C=O) groups excluding carboxylic acids is 5. The number of alkyl carbamates (subject to hydrolysis) is 4. The van der Waals surface area contributed by atoms with Crippen molar-refractivity contribution >= 4 is 30.3 Å². The molecule has 1 heterocycles. The van der Waals surface area contributed by atoms with Gasteiger partial charge in [0.05, 0.1) is 30.3 Å². The molecule has 10 atom stereocenters. The lowest BCUT2D eigenvalue weighted by Crippen LogP contribution is -2.73. The van der Waals surface area contributed by atoms with Crippen LogP contribution in [-0.4, -0.2) is 127 Å². The lowest BCUT2D eigenvalue weighted by Gasteiger charge is -2.51. The number of hydrogen-bond donors (Lipinski definition) is 6. The highest BCUT2D eigenvalue weighted by atomic mass is 16.7. The van der Waals surface area contributed by atoms with E-state index in [1.165, 1.54) is 14.2 Å². The molecule has 0 unspecified atom stereocenters. The summed E-state index contributed by atoms with van der Waals surface area (Å²) in [6, 6.07) is 31.5. The molecule has 1 saturated carbocycles. The van der Waals surface area contributed by atoms with Gasteiger partial charge >= 0.3 is 24.4 Å². The number of rotatable bonds is 18. The van der Waals surface area contributed by atoms with E-state index < -0.39 is 97.8 Å². The molecule has 19 nitrogen and oxygen atoms in total. The second-order valence-corrected chi connectivity index (χ2v) is 16.4. The van der Waals surface area contributed by atoms with Crippen molar-refractivity contribution in [3.05, 3.63) is 144 Å². The third-order valence-electron chi connectivity index (χ3n) is 11.6. The molecule has 1 aliphatic heterocycles. The molecule has 6 rings (SSSR count). The van der Waals surface area contributed by atoms with Gasteiger partial charge in [-0.2, -0.15) is 0 Å². The van der Waals surface area contributed by atoms with Gasteiger partial charge in [-0.3, -0.25) is 4.79 Å². The van der Waals surface area contributed by atoms with Gasteiger partial charge in [-0.15, -0.1) is 0 Å². The molecule has 2 aliphatic rings. The summed E-state index contributed by atoms with van der Waals surface area (Å²) in [5.41, 5.74) is 2.92. The monoisotopic (exact) mass is 941 g/mol. The summed E-state index contributed by atoms with van der Waals surface area (Å²) in [4.78, 5) is 67.2. The van der Waals surface area contributed by atoms with Crippen molar-refractivity contribution in [1.29, 1.82) is 0 Å². The number of benzene rings is 4. The van der Waals surface area contributed by atoms with Crippen LogP contribution in [0.25, 0.3) is 0 Å². The number of likely N-dealkylation sites (N-methyl/N-ethyl adjacent to an activating group) is 1. The quantitative estimate of drug-likeness (QED) is 0.0764. The van der Waals surface area contributed by atoms with Crippen molar-refractivity contribution in [1.82, 2.24) is 26.2 Å². The van der Waals surface area contributed by atoms with Gasteiger partial charge < -0.3 is 69.5 Å². The van der Waals surface area contributed by atoms with E-state index in [4.69, 9.17) is 33.2 Å². The summed E-state index contributed by atoms with van der Waals surface area (Å²) < 4.78 is 40.5. The van der Waals surface area contributed by atoms with Crippen LogP contribution in [0.5, 0.6) is 0 Å². The van der Waals surface area contributed by atoms with Crippen molar-refractivity contribution in [3.8, 4) is 0 Å². The van der Waals surface area contributed by atoms with Crippen LogP contribution in [0.3, 0.4) is 0 Å². The maximum atomic E-state index is 13.7. The summed E-state index contributed by atoms with van der Waals surface area (Å²) in [5, 5.41) is 35.0. The summed E-state index contributed by atoms with van der Waals surface area (Å²) in [5.74, 6) is -0.707. The van der Waals surface area contributed by atoms with Crippen LogP contribution in [0, 0.1) is 0 Å². The van der Waals surface area contributed by atoms with Gasteiger partial charge in [-0.1, -0.05) is 121 Å². The molecule has 19 heteroatoms. The third kappa shape index (κ3) is 14.6. The average molecular weight is 942 g/mol. The SMILES string of the molecule is CO[C@H]1[C@H](O)[C@@H](NC(=O)OCc2ccccc2)[C@@H](O[C@@H]2O[C@H]([C@H](C)NC(=O)OCc3ccccc3)CC[C@H]2NC(=O)OCc2ccccc2)[C@@H](O)[C@H]1N(C)C(=O)CNC(=O)OCc1ccccc1. The molecule has 4 aromatic carbocycles. The van der Waals surface area contributed by atoms with Gasteiger partial charge in [-0.25, -0.2) is 19.2 Å². The van der Waals surface area contributed by atoms with Gasteiger partial charge in [0.15, 0.2) is 6.29 Å². The second-order valence-electron chi connectivity index (χ2n) is 16.4. The van der Waals surface area contributed by atoms with Gasteiger partial charge in [0.2, 0.25) is 5.91 Å². The maximum Gasteiger partial charge on any atom is 0.407 e. The van der Waals surface area contributed by atoms with Crippen LogP contribution in [0.2, 0.25) is 0 Å². The Labute approximate surface area is 394 Å². The molecule has 364 valence electrons. The predicted octanol–water partition coefficient (Wildman–Crippen LogP) is 4.29. The van der Waals surface area contributed by atoms with Crippen LogP contribution in [0.1, 0.15) is 42.0 Å². The molecule has 2 fully saturated rings. The highest BCUT2D eigenvalue weighted by molar-refractivity contribution is 5.82. The van der Waals surface area contributed by atoms with E-state index >= 15 is 0 Å². The molecule has 0 bridgehead atoms. The lowest BCUT2D eigenvalue weighted by molar-refractivity contribution is -0.272. The smallest absolute Gasteiger partial charge is 0.407 e. The largest absolute Gasteiger partial charge is 0.445 e. The van der Waals surface area contributed by atoms with Crippen LogP contribution < -0.4 is 21.3 Å². The Balaban J connectivity index is 1.22. The first kappa shape index (κ1) is 50.6. The van der Waals surface area contributed by atoms with E-state index in [1.54, 1.807) is 85.8 Å². The Hall–Kier alpha value is -6.77. The van der Waals surface area contributed by atoms with Crippen molar-refractivity contribution in [2.45, 2.75) is 107 Å². The lowest BCUT2D eigenvalue weighted by atomic mass is 9.80. The molecule has 5 amide bonds. The van der Waals surface area contributed by atoms with Crippen molar-refractivity contribution in [3.63, 3.8) is 0 Å². The first-order chi connectivity index (χ1) is 32.9. The summed E-state index contributed by atoms with van der Waals surface area (Å²) in [6.45, 7) is 0.918. The molecular formula is C49H59N5O14. The number of hydrogen-bond acceptors (Lipinski definition) is 14. The Bertz CT molecular complexity index is 2210. The Morgan fingerprint density at radius 2 is 1.09 bits per heavy atom. The van der Waals surface area contributed by atoms with Crippen molar-refractivity contribution in [2.24, 2.45) is 0 Å². The van der Waals surface area contributed by atoms with Crippen LogP contribution in [-0.2, 0) is 64.4 Å². The summed E-state index contributed by atoms with van der Waals surface area (Å²) in [6.07, 6.45) is -11.4. The number of carbonyl (C=O) groups is 5. The molecule has 1 saturated heterocycles. The molecule has 6 N–H and O–H groups in total. The number of nitrogens with one attached hydrogen (secondary N) is 4. The van der Waals surface area contributed by atoms with E-state index in [2.05, 4.69) is 21.3 Å². The number of aliphatic hydroxyl groups excluding tert-OH is 2. The van der Waals surface area contributed by atoms with Crippen molar-refractivity contribution < 1.29 is 67.3 Å². The fourth-order valence-corrected chi connectivity index (χ4v) is 7.94. The minimum Gasteiger partial charge on any atom is -0.445 e. The second kappa shape index (κ2) is 25.4. The van der Waals surface area contributed by atoms with E-state index in [9.17, 15) is 34.2 Å². The third-order valence-corrected chi connectivity index (χ3v) is 11.6. The Morgan fingerprint density at radius 3 is 1.57 bits per heavy atom. The average Bonchev–Trinajstić information content (AvgIpc) is 3.36. The molecule has 4 aromatic rings. The van der Waals surface area contributed by atoms with Gasteiger partial charge in [-0.05, 0) is 42.0 Å². The van der Waals surface area contributed by atoms with Crippen LogP contribution in [0.4, 0.5) is 19.2 Å². The highest BCUT2D eigenvalue weighted by Gasteiger charge is 2.55. The number of methoxy groups -OCH3 is 1. The van der Waals surface area contributed by atoms with E-state index in [1.807, 2.05) is 42.5 Å². The zero-order valence-electron chi connectivity index (χ0n) is 38.0. The number of ether oxygens (including phenoxy) is 7. The van der Waals surface area contributed by atoms with Gasteiger partial charge in [0.25, 0.3) is 0 Å². The van der Waals surface area contributed by atoms with E-state index in [0.29, 0.717) is 12.0 Å². The molecule has 0 radical (unpaired) electrons. The van der Waals surface area contributed by atoms with Crippen LogP contribution in [0.15, 0.2) is 121 Å². The molecule has 68 heavy (non-hydrogen) atoms. The molecule has 0 spiro atoms. The summed E-state index contributed by atoms with van der Waals surface area (Å²) in [7, 11) is 2.60. The predicted molar refractivity (Wildman–Crippen MR) is 243 cm³/mol. The molecule has 0 aromatic heterocycles. The molecular weight excluding hydrogens is 883 g/mol. The fourth-order valence-electron chi connectivity index (χ4n) is 7.94. The standard InChI is InChI=1S/C49H59N5O14/c1-31(51-47(59)64-28-33-18-10-5-11-19-33)37-25-24-36(52-48(60)65-29-34-20-12-6-13-21-34)45(67-37)68-43-39(53-49(61)66-30-35-22-14-7-15-23-35)41(56)44(62-3)40(42(43)57)54(2)38(55)26-50-46(58)63-27-32-16-8-4-9-17-32/h4-23,31,36-37,39-45,56-57H,24-30H2,1-3H3,(H,50,58)(H,51,59)(H,52,60)(H,53,61)/t31-,36+,37-,39+,40+,41+,42-,43+,44+,45-/m0/s1. The Morgan fingerprint density at radius 1 is 0.632 bits per heavy atom. The van der Waals surface area contributed by atoms with Crippen LogP contribution >= 0.6 is 0 Å². The number of aliphatic hydroxyl groups is 2. The first-order valence-electron chi connectivity index (χ1n) is 22.2. The highest BCUT2D eigenvalue weighted by Crippen LogP contribution is 2.33. The minimum atomic E-state index is -1.75. The summed E-state index contributed by atoms with van der Waals surface area (Å²) >= 11 is 0. The topological polar surface area (TPSA) is 242 Å². The van der Waals surface area contributed by atoms with E-state index in [0.717, 1.165) is 21.6 Å². The van der Waals surface area contributed by atoms with E-state index in [-0.39, 0.29) is 32.8 Å². The zero-order valence-corrected chi connectivity index (χ0v) is 38.0. The number of nitrogens with zero attached hydrogens (tertiary/aromatic N) is 1. The zero-order chi connectivity index (χ0) is 48.4. The number of amides is 5. The molecule has 1 aliphatic carbocycles. The fraction of sp³-hybridized carbons (Fsp3) is 0.408. The minimum absolute atomic E-state index is 0.0206. The maximum absolute atomic E-state index is 13.7. The Kier molecular flexibility index (Phi) is 18.9. The normalized spacial score (nSPS) is 23.7. The van der Waals surface area contributed by atoms with Gasteiger partial charge in [0, 0.05) is 14.2 Å². The first-order valence-corrected chi connectivity index (χ1v) is 22.2. The van der Waals surface area contributed by atoms with Crippen molar-refractivity contribution in [2.75, 3.05) is 20.7 Å². The van der Waals surface area contributed by atoms with Gasteiger partial charge in [0.1, 0.15) is 57.4 Å².